The van der Waals surface area contributed by atoms with Crippen molar-refractivity contribution in [2.75, 3.05) is 13.7 Å². The first-order valence-electron chi connectivity index (χ1n) is 11.4. The fourth-order valence-corrected chi connectivity index (χ4v) is 4.36. The minimum Gasteiger partial charge on any atom is -0.497 e. The number of nitrogens with one attached hydrogen (secondary N) is 2. The third-order valence-corrected chi connectivity index (χ3v) is 6.16. The van der Waals surface area contributed by atoms with E-state index in [1.165, 1.54) is 4.68 Å². The zero-order valence-electron chi connectivity index (χ0n) is 19.8. The number of aryl methyl sites for hydroxylation is 2. The maximum Gasteiger partial charge on any atom is 0.278 e. The molecule has 3 aromatic heterocycles. The van der Waals surface area contributed by atoms with Crippen molar-refractivity contribution in [3.05, 3.63) is 82.0 Å². The van der Waals surface area contributed by atoms with Gasteiger partial charge in [-0.2, -0.15) is 10.2 Å². The molecule has 0 spiro atoms. The number of nitrogens with zero attached hydrogens (tertiary/aromatic N) is 4. The molecule has 5 rings (SSSR count). The number of benzene rings is 2. The summed E-state index contributed by atoms with van der Waals surface area (Å²) in [7, 11) is 1.64. The zero-order valence-corrected chi connectivity index (χ0v) is 19.8. The molecule has 0 bridgehead atoms. The highest BCUT2D eigenvalue weighted by Gasteiger charge is 2.18. The highest BCUT2D eigenvalue weighted by Crippen LogP contribution is 2.24. The Morgan fingerprint density at radius 3 is 2.69 bits per heavy atom. The van der Waals surface area contributed by atoms with Gasteiger partial charge in [-0.1, -0.05) is 18.2 Å². The Hall–Kier alpha value is -4.40. The summed E-state index contributed by atoms with van der Waals surface area (Å²) in [5.74, 6) is 0.508. The van der Waals surface area contributed by atoms with Crippen LogP contribution in [0.5, 0.6) is 5.75 Å². The Labute approximate surface area is 201 Å². The van der Waals surface area contributed by atoms with Gasteiger partial charge in [-0.15, -0.1) is 0 Å². The molecule has 178 valence electrons. The van der Waals surface area contributed by atoms with Crippen molar-refractivity contribution < 1.29 is 9.53 Å². The van der Waals surface area contributed by atoms with Crippen LogP contribution < -0.4 is 15.6 Å². The van der Waals surface area contributed by atoms with Crippen molar-refractivity contribution >= 4 is 27.7 Å². The maximum atomic E-state index is 13.2. The van der Waals surface area contributed by atoms with Gasteiger partial charge in [-0.3, -0.25) is 9.59 Å². The van der Waals surface area contributed by atoms with E-state index < -0.39 is 0 Å². The molecule has 3 heterocycles. The van der Waals surface area contributed by atoms with E-state index in [1.807, 2.05) is 61.7 Å². The number of ether oxygens (including phenoxy) is 1. The van der Waals surface area contributed by atoms with Crippen molar-refractivity contribution in [3.8, 4) is 11.4 Å². The van der Waals surface area contributed by atoms with Gasteiger partial charge in [0.1, 0.15) is 17.8 Å². The smallest absolute Gasteiger partial charge is 0.278 e. The van der Waals surface area contributed by atoms with E-state index in [2.05, 4.69) is 20.5 Å². The molecule has 0 unspecified atom stereocenters. The number of carbonyl (C=O) groups excluding carboxylic acids is 1. The van der Waals surface area contributed by atoms with Crippen LogP contribution in [-0.4, -0.2) is 44.1 Å². The molecule has 5 aromatic rings. The van der Waals surface area contributed by atoms with Gasteiger partial charge in [-0.05, 0) is 56.2 Å². The third kappa shape index (κ3) is 4.16. The molecule has 0 aliphatic rings. The number of fused-ring (bicyclic) bond motifs is 2. The summed E-state index contributed by atoms with van der Waals surface area (Å²) in [6, 6.07) is 15.5. The second-order valence-corrected chi connectivity index (χ2v) is 8.43. The van der Waals surface area contributed by atoms with Crippen LogP contribution in [0.4, 0.5) is 0 Å². The summed E-state index contributed by atoms with van der Waals surface area (Å²) in [5.41, 5.74) is 4.48. The minimum atomic E-state index is -0.329. The average molecular weight is 471 g/mol. The van der Waals surface area contributed by atoms with Crippen LogP contribution in [0, 0.1) is 13.8 Å². The second kappa shape index (κ2) is 9.09. The van der Waals surface area contributed by atoms with Crippen molar-refractivity contribution in [1.29, 1.82) is 0 Å². The predicted molar refractivity (Wildman–Crippen MR) is 134 cm³/mol. The zero-order chi connectivity index (χ0) is 24.5. The molecule has 0 aliphatic heterocycles. The average Bonchev–Trinajstić information content (AvgIpc) is 3.43. The van der Waals surface area contributed by atoms with Crippen LogP contribution in [-0.2, 0) is 17.8 Å². The molecule has 2 aromatic carbocycles. The van der Waals surface area contributed by atoms with Gasteiger partial charge >= 0.3 is 0 Å². The lowest BCUT2D eigenvalue weighted by molar-refractivity contribution is -0.121. The number of methoxy groups -OCH3 is 1. The van der Waals surface area contributed by atoms with Gasteiger partial charge in [-0.25, -0.2) is 9.36 Å². The van der Waals surface area contributed by atoms with E-state index in [0.29, 0.717) is 35.3 Å². The quantitative estimate of drug-likeness (QED) is 0.380. The summed E-state index contributed by atoms with van der Waals surface area (Å²) >= 11 is 0. The van der Waals surface area contributed by atoms with E-state index in [9.17, 15) is 9.59 Å². The van der Waals surface area contributed by atoms with Crippen LogP contribution in [0.3, 0.4) is 0 Å². The highest BCUT2D eigenvalue weighted by atomic mass is 16.5. The number of carbonyl (C=O) groups is 1. The Balaban J connectivity index is 1.32. The Morgan fingerprint density at radius 1 is 1.11 bits per heavy atom. The van der Waals surface area contributed by atoms with E-state index in [1.54, 1.807) is 18.7 Å². The maximum absolute atomic E-state index is 13.2. The van der Waals surface area contributed by atoms with Gasteiger partial charge < -0.3 is 15.0 Å². The van der Waals surface area contributed by atoms with Crippen molar-refractivity contribution in [1.82, 2.24) is 29.9 Å². The van der Waals surface area contributed by atoms with E-state index >= 15 is 0 Å². The third-order valence-electron chi connectivity index (χ3n) is 6.16. The van der Waals surface area contributed by atoms with Gasteiger partial charge in [0.25, 0.3) is 5.56 Å². The van der Waals surface area contributed by atoms with Crippen molar-refractivity contribution in [2.24, 2.45) is 0 Å². The molecule has 0 fully saturated rings. The van der Waals surface area contributed by atoms with Crippen LogP contribution in [0.1, 0.15) is 17.0 Å². The van der Waals surface area contributed by atoms with Crippen LogP contribution in [0.2, 0.25) is 0 Å². The first-order chi connectivity index (χ1) is 17.0. The predicted octanol–water partition coefficient (Wildman–Crippen LogP) is 3.05. The second-order valence-electron chi connectivity index (χ2n) is 8.43. The SMILES string of the molecule is COc1ccc2[nH]cc(CCNC(=O)Cn3nc(C)c4nn(-c5ccccc5)c(C)c4c3=O)c2c1. The molecular weight excluding hydrogens is 444 g/mol. The largest absolute Gasteiger partial charge is 0.497 e. The Morgan fingerprint density at radius 2 is 1.91 bits per heavy atom. The molecule has 0 atom stereocenters. The number of H-pyrrole nitrogens is 1. The lowest BCUT2D eigenvalue weighted by Crippen LogP contribution is -2.35. The highest BCUT2D eigenvalue weighted by molar-refractivity contribution is 5.85. The number of aromatic nitrogens is 5. The van der Waals surface area contributed by atoms with E-state index in [0.717, 1.165) is 27.9 Å². The molecular formula is C26H26N6O3. The summed E-state index contributed by atoms with van der Waals surface area (Å²) in [4.78, 5) is 29.1. The summed E-state index contributed by atoms with van der Waals surface area (Å²) in [6.45, 7) is 3.92. The van der Waals surface area contributed by atoms with Gasteiger partial charge in [0, 0.05) is 23.6 Å². The van der Waals surface area contributed by atoms with E-state index in [-0.39, 0.29) is 18.0 Å². The van der Waals surface area contributed by atoms with E-state index in [4.69, 9.17) is 4.74 Å². The molecule has 9 heteroatoms. The van der Waals surface area contributed by atoms with Crippen LogP contribution in [0.15, 0.2) is 59.5 Å². The normalized spacial score (nSPS) is 11.3. The lowest BCUT2D eigenvalue weighted by atomic mass is 10.1. The Kier molecular flexibility index (Phi) is 5.82. The molecule has 9 nitrogen and oxygen atoms in total. The van der Waals surface area contributed by atoms with Crippen molar-refractivity contribution in [2.45, 2.75) is 26.8 Å². The first-order valence-corrected chi connectivity index (χ1v) is 11.4. The standard InChI is InChI=1S/C26H26N6O3/c1-16-25-24(17(2)32(30-25)19-7-5-4-6-8-19)26(34)31(29-16)15-23(33)27-12-11-18-14-28-22-10-9-20(35-3)13-21(18)22/h4-10,13-14,28H,11-12,15H2,1-3H3,(H,27,33). The summed E-state index contributed by atoms with van der Waals surface area (Å²) in [5, 5.41) is 13.4. The fourth-order valence-electron chi connectivity index (χ4n) is 4.36. The van der Waals surface area contributed by atoms with Gasteiger partial charge in [0.05, 0.1) is 29.6 Å². The fraction of sp³-hybridized carbons (Fsp3) is 0.231. The Bertz CT molecular complexity index is 1600. The number of amides is 1. The number of aromatic amines is 1. The topological polar surface area (TPSA) is 107 Å². The first kappa shape index (κ1) is 22.4. The molecule has 0 saturated heterocycles. The van der Waals surface area contributed by atoms with Crippen LogP contribution in [0.25, 0.3) is 27.5 Å². The summed E-state index contributed by atoms with van der Waals surface area (Å²) < 4.78 is 8.27. The monoisotopic (exact) mass is 470 g/mol. The lowest BCUT2D eigenvalue weighted by Gasteiger charge is -2.08. The van der Waals surface area contributed by atoms with Gasteiger partial charge in [0.2, 0.25) is 5.91 Å². The molecule has 0 saturated carbocycles. The number of para-hydroxylation sites is 1. The molecule has 0 aliphatic carbocycles. The molecule has 35 heavy (non-hydrogen) atoms. The van der Waals surface area contributed by atoms with Crippen LogP contribution >= 0.6 is 0 Å². The number of hydrogen-bond donors (Lipinski definition) is 2. The van der Waals surface area contributed by atoms with Gasteiger partial charge in [0.15, 0.2) is 0 Å². The number of hydrogen-bond acceptors (Lipinski definition) is 5. The number of rotatable bonds is 7. The molecule has 1 amide bonds. The van der Waals surface area contributed by atoms with Crippen molar-refractivity contribution in [3.63, 3.8) is 0 Å². The minimum absolute atomic E-state index is 0.159. The molecule has 2 N–H and O–H groups in total. The molecule has 0 radical (unpaired) electrons. The summed E-state index contributed by atoms with van der Waals surface area (Å²) in [6.07, 6.45) is 2.58.